The summed E-state index contributed by atoms with van der Waals surface area (Å²) >= 11 is 0. The molecule has 0 aliphatic carbocycles. The Morgan fingerprint density at radius 2 is 0.955 bits per heavy atom. The Bertz CT molecular complexity index is 192. The molecule has 0 N–H and O–H groups in total. The summed E-state index contributed by atoms with van der Waals surface area (Å²) in [6, 6.07) is 0. The molecule has 0 aliphatic rings. The van der Waals surface area contributed by atoms with E-state index in [4.69, 9.17) is 0 Å². The van der Waals surface area contributed by atoms with Crippen LogP contribution in [0.3, 0.4) is 0 Å². The van der Waals surface area contributed by atoms with Crippen LogP contribution in [0.15, 0.2) is 0 Å². The Balaban J connectivity index is 3.36. The summed E-state index contributed by atoms with van der Waals surface area (Å²) in [5, 5.41) is 0. The van der Waals surface area contributed by atoms with Crippen LogP contribution in [-0.2, 0) is 0 Å². The van der Waals surface area contributed by atoms with Gasteiger partial charge in [-0.05, 0) is 44.8 Å². The van der Waals surface area contributed by atoms with Crippen molar-refractivity contribution in [2.75, 3.05) is 19.6 Å². The molecule has 0 atom stereocenters. The summed E-state index contributed by atoms with van der Waals surface area (Å²) in [5.41, 5.74) is 0. The van der Waals surface area contributed by atoms with Crippen molar-refractivity contribution in [3.63, 3.8) is 0 Å². The molecule has 0 unspecified atom stereocenters. The van der Waals surface area contributed by atoms with Crippen LogP contribution in [0.4, 0.5) is 0 Å². The SMILES string of the molecule is CCCCN(CCCC)CCCCCCCCCCC(C)C. The standard InChI is InChI=1S/C21H45N/c1-5-7-18-22(19-8-6-2)20-16-14-12-10-9-11-13-15-17-21(3)4/h21H,5-20H2,1-4H3. The zero-order chi connectivity index (χ0) is 16.5. The van der Waals surface area contributed by atoms with Gasteiger partial charge in [-0.3, -0.25) is 0 Å². The third kappa shape index (κ3) is 16.3. The Morgan fingerprint density at radius 3 is 1.41 bits per heavy atom. The highest BCUT2D eigenvalue weighted by Crippen LogP contribution is 2.13. The van der Waals surface area contributed by atoms with Crippen molar-refractivity contribution in [2.24, 2.45) is 5.92 Å². The molecule has 0 bridgehead atoms. The van der Waals surface area contributed by atoms with Gasteiger partial charge in [0.2, 0.25) is 0 Å². The normalized spacial score (nSPS) is 11.7. The van der Waals surface area contributed by atoms with Gasteiger partial charge in [-0.2, -0.15) is 0 Å². The lowest BCUT2D eigenvalue weighted by Gasteiger charge is -2.21. The number of nitrogens with zero attached hydrogens (tertiary/aromatic N) is 1. The van der Waals surface area contributed by atoms with E-state index in [9.17, 15) is 0 Å². The number of unbranched alkanes of at least 4 members (excludes halogenated alkanes) is 9. The van der Waals surface area contributed by atoms with E-state index in [1.54, 1.807) is 0 Å². The van der Waals surface area contributed by atoms with Crippen LogP contribution in [0.1, 0.15) is 111 Å². The van der Waals surface area contributed by atoms with E-state index in [0.717, 1.165) is 5.92 Å². The molecule has 0 aromatic carbocycles. The molecule has 0 aromatic rings. The molecule has 22 heavy (non-hydrogen) atoms. The van der Waals surface area contributed by atoms with Crippen LogP contribution in [-0.4, -0.2) is 24.5 Å². The smallest absolute Gasteiger partial charge is 0.00187 e. The van der Waals surface area contributed by atoms with Crippen molar-refractivity contribution in [1.82, 2.24) is 4.90 Å². The molecule has 134 valence electrons. The fourth-order valence-electron chi connectivity index (χ4n) is 3.05. The third-order valence-corrected chi connectivity index (χ3v) is 4.66. The van der Waals surface area contributed by atoms with Crippen molar-refractivity contribution < 1.29 is 0 Å². The molecule has 1 heteroatoms. The molecule has 0 aliphatic heterocycles. The second-order valence-corrected chi connectivity index (χ2v) is 7.56. The minimum atomic E-state index is 0.892. The molecule has 0 amide bonds. The topological polar surface area (TPSA) is 3.24 Å². The minimum Gasteiger partial charge on any atom is -0.303 e. The van der Waals surface area contributed by atoms with E-state index in [-0.39, 0.29) is 0 Å². The Labute approximate surface area is 142 Å². The highest BCUT2D eigenvalue weighted by atomic mass is 15.1. The fraction of sp³-hybridized carbons (Fsp3) is 1.00. The van der Waals surface area contributed by atoms with Crippen molar-refractivity contribution in [3.8, 4) is 0 Å². The molecule has 1 nitrogen and oxygen atoms in total. The average molecular weight is 312 g/mol. The van der Waals surface area contributed by atoms with Gasteiger partial charge in [0.05, 0.1) is 0 Å². The van der Waals surface area contributed by atoms with Crippen molar-refractivity contribution in [1.29, 1.82) is 0 Å². The van der Waals surface area contributed by atoms with Crippen molar-refractivity contribution >= 4 is 0 Å². The first kappa shape index (κ1) is 22.0. The van der Waals surface area contributed by atoms with Crippen LogP contribution in [0.5, 0.6) is 0 Å². The first-order valence-electron chi connectivity index (χ1n) is 10.4. The summed E-state index contributed by atoms with van der Waals surface area (Å²) in [7, 11) is 0. The Kier molecular flexibility index (Phi) is 17.3. The largest absolute Gasteiger partial charge is 0.303 e. The summed E-state index contributed by atoms with van der Waals surface area (Å²) < 4.78 is 0. The number of hydrogen-bond acceptors (Lipinski definition) is 1. The van der Waals surface area contributed by atoms with E-state index in [1.807, 2.05) is 0 Å². The molecule has 0 heterocycles. The van der Waals surface area contributed by atoms with Gasteiger partial charge in [0.15, 0.2) is 0 Å². The molecule has 0 saturated carbocycles. The van der Waals surface area contributed by atoms with Gasteiger partial charge in [-0.25, -0.2) is 0 Å². The molecular formula is C21H45N. The highest BCUT2D eigenvalue weighted by molar-refractivity contribution is 4.58. The Hall–Kier alpha value is -0.0400. The predicted octanol–water partition coefficient (Wildman–Crippen LogP) is 7.06. The van der Waals surface area contributed by atoms with Gasteiger partial charge in [0.25, 0.3) is 0 Å². The predicted molar refractivity (Wildman–Crippen MR) is 103 cm³/mol. The molecule has 0 radical (unpaired) electrons. The maximum Gasteiger partial charge on any atom is -0.00187 e. The summed E-state index contributed by atoms with van der Waals surface area (Å²) in [4.78, 5) is 2.71. The second kappa shape index (κ2) is 17.3. The van der Waals surface area contributed by atoms with E-state index < -0.39 is 0 Å². The fourth-order valence-corrected chi connectivity index (χ4v) is 3.05. The lowest BCUT2D eigenvalue weighted by atomic mass is 10.0. The van der Waals surface area contributed by atoms with Gasteiger partial charge in [0.1, 0.15) is 0 Å². The van der Waals surface area contributed by atoms with Crippen LogP contribution in [0.2, 0.25) is 0 Å². The lowest BCUT2D eigenvalue weighted by molar-refractivity contribution is 0.259. The lowest BCUT2D eigenvalue weighted by Crippen LogP contribution is -2.27. The zero-order valence-electron chi connectivity index (χ0n) is 16.3. The van der Waals surface area contributed by atoms with Gasteiger partial charge in [-0.1, -0.05) is 91.9 Å². The second-order valence-electron chi connectivity index (χ2n) is 7.56. The Morgan fingerprint density at radius 1 is 0.545 bits per heavy atom. The molecule has 0 fully saturated rings. The monoisotopic (exact) mass is 311 g/mol. The van der Waals surface area contributed by atoms with Crippen LogP contribution in [0, 0.1) is 5.92 Å². The van der Waals surface area contributed by atoms with Gasteiger partial charge in [0, 0.05) is 0 Å². The van der Waals surface area contributed by atoms with Gasteiger partial charge >= 0.3 is 0 Å². The van der Waals surface area contributed by atoms with E-state index in [1.165, 1.54) is 103 Å². The molecule has 0 saturated heterocycles. The van der Waals surface area contributed by atoms with Crippen LogP contribution < -0.4 is 0 Å². The molecular weight excluding hydrogens is 266 g/mol. The minimum absolute atomic E-state index is 0.892. The molecule has 0 spiro atoms. The molecule has 0 aromatic heterocycles. The molecule has 0 rings (SSSR count). The van der Waals surface area contributed by atoms with Crippen LogP contribution in [0.25, 0.3) is 0 Å². The summed E-state index contributed by atoms with van der Waals surface area (Å²) in [6.45, 7) is 13.3. The summed E-state index contributed by atoms with van der Waals surface area (Å²) in [5.74, 6) is 0.892. The average Bonchev–Trinajstić information content (AvgIpc) is 2.50. The maximum absolute atomic E-state index is 2.71. The van der Waals surface area contributed by atoms with Gasteiger partial charge in [-0.15, -0.1) is 0 Å². The van der Waals surface area contributed by atoms with E-state index in [2.05, 4.69) is 32.6 Å². The highest BCUT2D eigenvalue weighted by Gasteiger charge is 2.03. The van der Waals surface area contributed by atoms with Crippen LogP contribution >= 0.6 is 0 Å². The third-order valence-electron chi connectivity index (χ3n) is 4.66. The number of hydrogen-bond donors (Lipinski definition) is 0. The van der Waals surface area contributed by atoms with Gasteiger partial charge < -0.3 is 4.90 Å². The van der Waals surface area contributed by atoms with E-state index in [0.29, 0.717) is 0 Å². The zero-order valence-corrected chi connectivity index (χ0v) is 16.3. The summed E-state index contributed by atoms with van der Waals surface area (Å²) in [6.07, 6.45) is 18.5. The van der Waals surface area contributed by atoms with Crippen molar-refractivity contribution in [3.05, 3.63) is 0 Å². The number of rotatable bonds is 17. The first-order chi connectivity index (χ1) is 10.7. The van der Waals surface area contributed by atoms with E-state index >= 15 is 0 Å². The quantitative estimate of drug-likeness (QED) is 0.260. The van der Waals surface area contributed by atoms with Crippen molar-refractivity contribution in [2.45, 2.75) is 111 Å². The maximum atomic E-state index is 2.71. The first-order valence-corrected chi connectivity index (χ1v) is 10.4.